The maximum absolute atomic E-state index is 14.2. The first kappa shape index (κ1) is 38.3. The fourth-order valence-corrected chi connectivity index (χ4v) is 9.34. The van der Waals surface area contributed by atoms with E-state index in [4.69, 9.17) is 5.21 Å². The summed E-state index contributed by atoms with van der Waals surface area (Å²) in [6, 6.07) is 17.3. The summed E-state index contributed by atoms with van der Waals surface area (Å²) in [7, 11) is -4.10. The van der Waals surface area contributed by atoms with E-state index in [-0.39, 0.29) is 41.2 Å². The van der Waals surface area contributed by atoms with Gasteiger partial charge in [0.05, 0.1) is 29.8 Å². The number of rotatable bonds is 17. The van der Waals surface area contributed by atoms with Crippen LogP contribution in [0.4, 0.5) is 4.79 Å². The van der Waals surface area contributed by atoms with Crippen molar-refractivity contribution in [1.29, 1.82) is 0 Å². The number of thiophene rings is 1. The summed E-state index contributed by atoms with van der Waals surface area (Å²) < 4.78 is 29.4. The van der Waals surface area contributed by atoms with Crippen LogP contribution in [0.2, 0.25) is 0 Å². The molecule has 1 fully saturated rings. The molecule has 51 heavy (non-hydrogen) atoms. The van der Waals surface area contributed by atoms with Crippen LogP contribution in [-0.4, -0.2) is 107 Å². The molecule has 0 aliphatic carbocycles. The summed E-state index contributed by atoms with van der Waals surface area (Å²) in [6.45, 7) is 6.95. The predicted octanol–water partition coefficient (Wildman–Crippen LogP) is 4.16. The first-order valence-corrected chi connectivity index (χ1v) is 20.1. The van der Waals surface area contributed by atoms with Crippen LogP contribution in [0.3, 0.4) is 0 Å². The molecule has 0 spiro atoms. The Hall–Kier alpha value is -3.89. The minimum absolute atomic E-state index is 0.0208. The molecular weight excluding hydrogens is 709 g/mol. The van der Waals surface area contributed by atoms with Gasteiger partial charge in [-0.2, -0.15) is 4.31 Å². The largest absolute Gasteiger partial charge is 0.411 e. The van der Waals surface area contributed by atoms with Crippen molar-refractivity contribution in [3.63, 3.8) is 0 Å². The number of hydrogen-bond acceptors (Lipinski definition) is 10. The van der Waals surface area contributed by atoms with Crippen LogP contribution in [-0.2, 0) is 27.7 Å². The lowest BCUT2D eigenvalue weighted by Gasteiger charge is -2.34. The topological polar surface area (TPSA) is 155 Å². The third-order valence-corrected chi connectivity index (χ3v) is 12.9. The lowest BCUT2D eigenvalue weighted by molar-refractivity contribution is -0.128. The Morgan fingerprint density at radius 3 is 2.49 bits per heavy atom. The van der Waals surface area contributed by atoms with Gasteiger partial charge in [0, 0.05) is 37.3 Å². The van der Waals surface area contributed by atoms with Gasteiger partial charge in [0.15, 0.2) is 0 Å². The molecule has 274 valence electrons. The highest BCUT2D eigenvalue weighted by Crippen LogP contribution is 2.31. The second-order valence-corrected chi connectivity index (χ2v) is 17.6. The van der Waals surface area contributed by atoms with Gasteiger partial charge >= 0.3 is 6.03 Å². The van der Waals surface area contributed by atoms with Crippen LogP contribution in [0.15, 0.2) is 93.8 Å². The van der Waals surface area contributed by atoms with Crippen molar-refractivity contribution in [3.8, 4) is 0 Å². The molecule has 1 saturated heterocycles. The smallest absolute Gasteiger partial charge is 0.320 e. The summed E-state index contributed by atoms with van der Waals surface area (Å²) >= 11 is 3.12. The van der Waals surface area contributed by atoms with Crippen molar-refractivity contribution in [2.24, 2.45) is 11.1 Å². The highest BCUT2D eigenvalue weighted by molar-refractivity contribution is 8.03. The zero-order valence-corrected chi connectivity index (χ0v) is 31.4. The van der Waals surface area contributed by atoms with Gasteiger partial charge in [-0.1, -0.05) is 67.5 Å². The molecule has 12 nitrogen and oxygen atoms in total. The zero-order valence-electron chi connectivity index (χ0n) is 29.0. The van der Waals surface area contributed by atoms with Crippen LogP contribution in [0.25, 0.3) is 0 Å². The van der Waals surface area contributed by atoms with E-state index in [1.165, 1.54) is 46.1 Å². The molecule has 2 aliphatic heterocycles. The van der Waals surface area contributed by atoms with Gasteiger partial charge in [0.2, 0.25) is 15.9 Å². The SMILES string of the molecule is CC(C)[C@@H](C(=O)N[C@@H](Cc1ccccc1)[C@H](O)CN(CCc1cccs1)S(=O)(=O)c1ccc(/C=N/O)cc1)N1CCN(CC2(C)NC=CS2)C1=O. The number of carbonyl (C=O) groups excluding carboxylic acids is 2. The van der Waals surface area contributed by atoms with Crippen molar-refractivity contribution in [1.82, 2.24) is 24.7 Å². The number of carbonyl (C=O) groups is 2. The molecular formula is C36H46N6O6S3. The van der Waals surface area contributed by atoms with Crippen molar-refractivity contribution in [3.05, 3.63) is 99.7 Å². The number of nitrogens with zero attached hydrogens (tertiary/aromatic N) is 4. The number of nitrogens with one attached hydrogen (secondary N) is 2. The second kappa shape index (κ2) is 17.1. The Kier molecular flexibility index (Phi) is 12.8. The van der Waals surface area contributed by atoms with Crippen molar-refractivity contribution in [2.75, 3.05) is 32.7 Å². The molecule has 3 heterocycles. The number of aliphatic hydroxyl groups excluding tert-OH is 1. The third-order valence-electron chi connectivity index (χ3n) is 9.03. The number of aliphatic hydroxyl groups is 1. The number of thioether (sulfide) groups is 1. The summed E-state index contributed by atoms with van der Waals surface area (Å²) in [5, 5.41) is 34.0. The normalized spacial score (nSPS) is 19.6. The number of sulfonamides is 1. The Morgan fingerprint density at radius 1 is 1.12 bits per heavy atom. The van der Waals surface area contributed by atoms with Crippen LogP contribution in [0, 0.1) is 5.92 Å². The number of benzene rings is 2. The predicted molar refractivity (Wildman–Crippen MR) is 201 cm³/mol. The van der Waals surface area contributed by atoms with Gasteiger partial charge in [0.25, 0.3) is 0 Å². The molecule has 0 radical (unpaired) electrons. The van der Waals surface area contributed by atoms with Crippen LogP contribution in [0.1, 0.15) is 36.8 Å². The third kappa shape index (κ3) is 9.71. The molecule has 0 bridgehead atoms. The maximum Gasteiger partial charge on any atom is 0.320 e. The van der Waals surface area contributed by atoms with E-state index >= 15 is 0 Å². The lowest BCUT2D eigenvalue weighted by Crippen LogP contribution is -2.57. The van der Waals surface area contributed by atoms with E-state index in [2.05, 4.69) is 15.8 Å². The zero-order chi connectivity index (χ0) is 36.6. The quantitative estimate of drug-likeness (QED) is 0.0911. The molecule has 3 amide bonds. The van der Waals surface area contributed by atoms with Gasteiger partial charge < -0.3 is 30.7 Å². The van der Waals surface area contributed by atoms with Gasteiger partial charge in [-0.15, -0.1) is 23.1 Å². The summed E-state index contributed by atoms with van der Waals surface area (Å²) in [5.74, 6) is -0.642. The van der Waals surface area contributed by atoms with E-state index in [0.29, 0.717) is 31.6 Å². The summed E-state index contributed by atoms with van der Waals surface area (Å²) in [5.41, 5.74) is 1.37. The van der Waals surface area contributed by atoms with E-state index in [1.54, 1.807) is 21.6 Å². The first-order valence-electron chi connectivity index (χ1n) is 16.9. The van der Waals surface area contributed by atoms with E-state index < -0.39 is 34.1 Å². The first-order chi connectivity index (χ1) is 24.4. The fourth-order valence-electron chi connectivity index (χ4n) is 6.38. The van der Waals surface area contributed by atoms with Gasteiger partial charge in [0.1, 0.15) is 10.9 Å². The average Bonchev–Trinajstić information content (AvgIpc) is 3.86. The summed E-state index contributed by atoms with van der Waals surface area (Å²) in [4.78, 5) is 31.9. The minimum atomic E-state index is -4.10. The lowest BCUT2D eigenvalue weighted by atomic mass is 9.98. The number of urea groups is 1. The fraction of sp³-hybridized carbons (Fsp3) is 0.417. The Bertz CT molecular complexity index is 1760. The molecule has 1 unspecified atom stereocenters. The van der Waals surface area contributed by atoms with Crippen molar-refractivity contribution < 1.29 is 28.3 Å². The van der Waals surface area contributed by atoms with Gasteiger partial charge in [-0.25, -0.2) is 13.2 Å². The van der Waals surface area contributed by atoms with Crippen molar-refractivity contribution >= 4 is 51.3 Å². The summed E-state index contributed by atoms with van der Waals surface area (Å²) in [6.07, 6.45) is 2.43. The Morgan fingerprint density at radius 2 is 1.86 bits per heavy atom. The molecule has 2 aromatic carbocycles. The maximum atomic E-state index is 14.2. The van der Waals surface area contributed by atoms with Gasteiger partial charge in [-0.3, -0.25) is 4.79 Å². The molecule has 4 N–H and O–H groups in total. The molecule has 3 aromatic rings. The molecule has 0 saturated carbocycles. The highest BCUT2D eigenvalue weighted by Gasteiger charge is 2.42. The molecule has 2 aliphatic rings. The number of hydrogen-bond donors (Lipinski definition) is 4. The Balaban J connectivity index is 1.38. The number of amides is 3. The number of oxime groups is 1. The van der Waals surface area contributed by atoms with Crippen LogP contribution in [0.5, 0.6) is 0 Å². The second-order valence-electron chi connectivity index (χ2n) is 13.3. The molecule has 15 heteroatoms. The Labute approximate surface area is 308 Å². The van der Waals surface area contributed by atoms with Crippen molar-refractivity contribution in [2.45, 2.75) is 61.6 Å². The van der Waals surface area contributed by atoms with Gasteiger partial charge in [-0.05, 0) is 65.8 Å². The monoisotopic (exact) mass is 754 g/mol. The standard InChI is InChI=1S/C36H46N6O6S3/c1-26(2)33(42-19-18-40(35(42)45)25-36(3)37-16-21-50-36)34(44)39-31(22-27-8-5-4-6-9-27)32(43)24-41(17-15-29-10-7-20-49-29)51(47,48)30-13-11-28(12-14-30)23-38-46/h4-14,16,20-21,23,26,31-33,37,43,46H,15,17-19,22,24-25H2,1-3H3,(H,39,44)/b38-23+/t31-,32+,33-,36?/m0/s1. The van der Waals surface area contributed by atoms with E-state index in [9.17, 15) is 23.1 Å². The molecule has 4 atom stereocenters. The van der Waals surface area contributed by atoms with E-state index in [0.717, 1.165) is 10.4 Å². The minimum Gasteiger partial charge on any atom is -0.411 e. The van der Waals surface area contributed by atoms with Crippen LogP contribution < -0.4 is 10.6 Å². The molecule has 1 aromatic heterocycles. The van der Waals surface area contributed by atoms with Crippen LogP contribution >= 0.6 is 23.1 Å². The molecule has 5 rings (SSSR count). The highest BCUT2D eigenvalue weighted by atomic mass is 32.2. The van der Waals surface area contributed by atoms with E-state index in [1.807, 2.05) is 80.2 Å². The average molecular weight is 755 g/mol.